The molecule has 1 fully saturated rings. The van der Waals surface area contributed by atoms with Gasteiger partial charge in [-0.05, 0) is 12.8 Å². The van der Waals surface area contributed by atoms with E-state index in [9.17, 15) is 0 Å². The zero-order valence-electron chi connectivity index (χ0n) is 8.55. The van der Waals surface area contributed by atoms with E-state index in [2.05, 4.69) is 5.48 Å². The Bertz CT molecular complexity index is 111. The van der Waals surface area contributed by atoms with Gasteiger partial charge in [0.25, 0.3) is 0 Å². The summed E-state index contributed by atoms with van der Waals surface area (Å²) in [5.41, 5.74) is 3.12. The van der Waals surface area contributed by atoms with E-state index in [0.717, 1.165) is 0 Å². The Morgan fingerprint density at radius 2 is 1.77 bits per heavy atom. The molecule has 3 heteroatoms. The van der Waals surface area contributed by atoms with E-state index in [0.29, 0.717) is 19.3 Å². The highest BCUT2D eigenvalue weighted by Crippen LogP contribution is 2.16. The SMILES string of the molecule is COCCONC1CCCCCC1. The molecule has 1 aliphatic rings. The minimum atomic E-state index is 0.569. The van der Waals surface area contributed by atoms with Gasteiger partial charge in [0.05, 0.1) is 13.2 Å². The van der Waals surface area contributed by atoms with Crippen molar-refractivity contribution < 1.29 is 9.57 Å². The van der Waals surface area contributed by atoms with E-state index in [1.54, 1.807) is 7.11 Å². The van der Waals surface area contributed by atoms with Gasteiger partial charge in [-0.3, -0.25) is 4.84 Å². The van der Waals surface area contributed by atoms with Gasteiger partial charge in [0.2, 0.25) is 0 Å². The first-order valence-corrected chi connectivity index (χ1v) is 5.29. The maximum atomic E-state index is 5.29. The van der Waals surface area contributed by atoms with Crippen molar-refractivity contribution >= 4 is 0 Å². The molecule has 1 saturated carbocycles. The minimum absolute atomic E-state index is 0.569. The summed E-state index contributed by atoms with van der Waals surface area (Å²) in [4.78, 5) is 5.29. The maximum Gasteiger partial charge on any atom is 0.0915 e. The summed E-state index contributed by atoms with van der Waals surface area (Å²) in [6.07, 6.45) is 7.96. The highest BCUT2D eigenvalue weighted by Gasteiger charge is 2.11. The van der Waals surface area contributed by atoms with Crippen LogP contribution in [-0.4, -0.2) is 26.4 Å². The van der Waals surface area contributed by atoms with Crippen LogP contribution >= 0.6 is 0 Å². The average Bonchev–Trinajstić information content (AvgIpc) is 2.41. The molecule has 13 heavy (non-hydrogen) atoms. The van der Waals surface area contributed by atoms with Gasteiger partial charge in [-0.2, -0.15) is 5.48 Å². The summed E-state index contributed by atoms with van der Waals surface area (Å²) < 4.78 is 4.89. The third kappa shape index (κ3) is 5.24. The number of hydrogen-bond acceptors (Lipinski definition) is 3. The molecule has 78 valence electrons. The lowest BCUT2D eigenvalue weighted by Gasteiger charge is -2.15. The smallest absolute Gasteiger partial charge is 0.0915 e. The lowest BCUT2D eigenvalue weighted by molar-refractivity contribution is -0.0143. The van der Waals surface area contributed by atoms with Crippen molar-refractivity contribution in [1.82, 2.24) is 5.48 Å². The van der Waals surface area contributed by atoms with Crippen LogP contribution in [0.5, 0.6) is 0 Å². The third-order valence-electron chi connectivity index (χ3n) is 2.49. The first-order chi connectivity index (χ1) is 6.43. The van der Waals surface area contributed by atoms with Gasteiger partial charge in [0.15, 0.2) is 0 Å². The van der Waals surface area contributed by atoms with Crippen molar-refractivity contribution in [3.8, 4) is 0 Å². The molecule has 0 saturated heterocycles. The molecule has 0 bridgehead atoms. The number of hydrogen-bond donors (Lipinski definition) is 1. The van der Waals surface area contributed by atoms with Crippen LogP contribution in [0.25, 0.3) is 0 Å². The molecular formula is C10H21NO2. The van der Waals surface area contributed by atoms with E-state index in [-0.39, 0.29) is 0 Å². The molecule has 0 aromatic rings. The predicted molar refractivity (Wildman–Crippen MR) is 52.5 cm³/mol. The van der Waals surface area contributed by atoms with E-state index in [1.165, 1.54) is 38.5 Å². The Morgan fingerprint density at radius 1 is 1.08 bits per heavy atom. The molecule has 0 radical (unpaired) electrons. The first-order valence-electron chi connectivity index (χ1n) is 5.29. The Morgan fingerprint density at radius 3 is 2.38 bits per heavy atom. The normalized spacial score (nSPS) is 20.1. The summed E-state index contributed by atoms with van der Waals surface area (Å²) in [6.45, 7) is 1.31. The Labute approximate surface area is 80.7 Å². The van der Waals surface area contributed by atoms with Crippen molar-refractivity contribution in [3.63, 3.8) is 0 Å². The van der Waals surface area contributed by atoms with Gasteiger partial charge in [-0.25, -0.2) is 0 Å². The molecule has 0 spiro atoms. The van der Waals surface area contributed by atoms with Crippen LogP contribution in [0, 0.1) is 0 Å². The van der Waals surface area contributed by atoms with Crippen LogP contribution in [0.1, 0.15) is 38.5 Å². The van der Waals surface area contributed by atoms with Crippen LogP contribution in [0.3, 0.4) is 0 Å². The predicted octanol–water partition coefficient (Wildman–Crippen LogP) is 1.88. The topological polar surface area (TPSA) is 30.5 Å². The molecule has 0 unspecified atom stereocenters. The molecule has 1 N–H and O–H groups in total. The van der Waals surface area contributed by atoms with Crippen molar-refractivity contribution in [2.45, 2.75) is 44.6 Å². The lowest BCUT2D eigenvalue weighted by Crippen LogP contribution is -2.29. The highest BCUT2D eigenvalue weighted by atomic mass is 16.7. The second-order valence-electron chi connectivity index (χ2n) is 3.65. The number of nitrogens with one attached hydrogen (secondary N) is 1. The van der Waals surface area contributed by atoms with Gasteiger partial charge < -0.3 is 4.74 Å². The third-order valence-corrected chi connectivity index (χ3v) is 2.49. The average molecular weight is 187 g/mol. The number of methoxy groups -OCH3 is 1. The monoisotopic (exact) mass is 187 g/mol. The fraction of sp³-hybridized carbons (Fsp3) is 1.00. The maximum absolute atomic E-state index is 5.29. The molecule has 0 heterocycles. The Kier molecular flexibility index (Phi) is 6.15. The Balaban J connectivity index is 1.98. The molecule has 0 amide bonds. The first kappa shape index (κ1) is 11.0. The summed E-state index contributed by atoms with van der Waals surface area (Å²) in [5.74, 6) is 0. The van der Waals surface area contributed by atoms with E-state index in [4.69, 9.17) is 9.57 Å². The van der Waals surface area contributed by atoms with Gasteiger partial charge in [0.1, 0.15) is 0 Å². The molecule has 0 atom stereocenters. The zero-order chi connectivity index (χ0) is 9.36. The number of hydroxylamine groups is 1. The second-order valence-corrected chi connectivity index (χ2v) is 3.65. The van der Waals surface area contributed by atoms with Gasteiger partial charge in [-0.15, -0.1) is 0 Å². The quantitative estimate of drug-likeness (QED) is 0.405. The van der Waals surface area contributed by atoms with Crippen molar-refractivity contribution in [2.24, 2.45) is 0 Å². The van der Waals surface area contributed by atoms with Crippen LogP contribution in [0.15, 0.2) is 0 Å². The molecule has 0 aliphatic heterocycles. The largest absolute Gasteiger partial charge is 0.382 e. The van der Waals surface area contributed by atoms with Gasteiger partial charge in [0, 0.05) is 13.2 Å². The van der Waals surface area contributed by atoms with Crippen molar-refractivity contribution in [1.29, 1.82) is 0 Å². The van der Waals surface area contributed by atoms with Crippen LogP contribution < -0.4 is 5.48 Å². The molecule has 0 aromatic carbocycles. The Hall–Kier alpha value is -0.120. The molecule has 1 rings (SSSR count). The molecule has 3 nitrogen and oxygen atoms in total. The number of ether oxygens (including phenoxy) is 1. The van der Waals surface area contributed by atoms with Crippen LogP contribution in [0.4, 0.5) is 0 Å². The van der Waals surface area contributed by atoms with E-state index in [1.807, 2.05) is 0 Å². The zero-order valence-corrected chi connectivity index (χ0v) is 8.55. The van der Waals surface area contributed by atoms with Crippen molar-refractivity contribution in [3.05, 3.63) is 0 Å². The number of rotatable bonds is 5. The summed E-state index contributed by atoms with van der Waals surface area (Å²) in [5, 5.41) is 0. The highest BCUT2D eigenvalue weighted by molar-refractivity contribution is 4.66. The fourth-order valence-electron chi connectivity index (χ4n) is 1.70. The van der Waals surface area contributed by atoms with E-state index >= 15 is 0 Å². The minimum Gasteiger partial charge on any atom is -0.382 e. The fourth-order valence-corrected chi connectivity index (χ4v) is 1.70. The summed E-state index contributed by atoms with van der Waals surface area (Å²) >= 11 is 0. The van der Waals surface area contributed by atoms with Crippen LogP contribution in [-0.2, 0) is 9.57 Å². The summed E-state index contributed by atoms with van der Waals surface area (Å²) in [6, 6.07) is 0.569. The van der Waals surface area contributed by atoms with Crippen LogP contribution in [0.2, 0.25) is 0 Å². The van der Waals surface area contributed by atoms with Crippen molar-refractivity contribution in [2.75, 3.05) is 20.3 Å². The lowest BCUT2D eigenvalue weighted by atomic mass is 10.1. The summed E-state index contributed by atoms with van der Waals surface area (Å²) in [7, 11) is 1.69. The van der Waals surface area contributed by atoms with Gasteiger partial charge >= 0.3 is 0 Å². The molecule has 1 aliphatic carbocycles. The molecule has 0 aromatic heterocycles. The van der Waals surface area contributed by atoms with Gasteiger partial charge in [-0.1, -0.05) is 25.7 Å². The second kappa shape index (κ2) is 7.30. The van der Waals surface area contributed by atoms with E-state index < -0.39 is 0 Å². The molecular weight excluding hydrogens is 166 g/mol. The standard InChI is InChI=1S/C10H21NO2/c1-12-8-9-13-11-10-6-4-2-3-5-7-10/h10-11H,2-9H2,1H3.